The fourth-order valence-electron chi connectivity index (χ4n) is 0.650. The molecular weight excluding hydrogens is 187 g/mol. The summed E-state index contributed by atoms with van der Waals surface area (Å²) in [6.07, 6.45) is 0. The van der Waals surface area contributed by atoms with Crippen LogP contribution in [-0.4, -0.2) is 35.8 Å². The van der Waals surface area contributed by atoms with E-state index in [1.54, 1.807) is 5.01 Å². The molecule has 11 heavy (non-hydrogen) atoms. The number of carbonyl (C=O) groups is 1. The lowest BCUT2D eigenvalue weighted by atomic mass is 10.6. The fourth-order valence-corrected chi connectivity index (χ4v) is 1.06. The molecular formula is C6H12Cl2N2O. The van der Waals surface area contributed by atoms with Crippen molar-refractivity contribution in [1.82, 2.24) is 10.4 Å². The average Bonchev–Trinajstić information content (AvgIpc) is 1.87. The van der Waals surface area contributed by atoms with E-state index in [0.29, 0.717) is 24.8 Å². The number of nitrogens with one attached hydrogen (secondary N) is 1. The van der Waals surface area contributed by atoms with E-state index in [-0.39, 0.29) is 5.91 Å². The van der Waals surface area contributed by atoms with E-state index in [4.69, 9.17) is 23.2 Å². The lowest BCUT2D eigenvalue weighted by Gasteiger charge is -2.19. The van der Waals surface area contributed by atoms with Crippen molar-refractivity contribution in [1.29, 1.82) is 0 Å². The zero-order valence-corrected chi connectivity index (χ0v) is 7.95. The summed E-state index contributed by atoms with van der Waals surface area (Å²) in [5.74, 6) is 0.870. The number of hydrogen-bond acceptors (Lipinski definition) is 2. The normalized spacial score (nSPS) is 10.2. The van der Waals surface area contributed by atoms with Crippen LogP contribution in [0.5, 0.6) is 0 Å². The summed E-state index contributed by atoms with van der Waals surface area (Å²) in [6, 6.07) is 0. The Labute approximate surface area is 76.6 Å². The summed E-state index contributed by atoms with van der Waals surface area (Å²) in [6.45, 7) is 2.69. The molecule has 0 aromatic heterocycles. The number of hydrogen-bond donors (Lipinski definition) is 1. The molecule has 0 aliphatic heterocycles. The van der Waals surface area contributed by atoms with Crippen LogP contribution in [0.2, 0.25) is 0 Å². The van der Waals surface area contributed by atoms with Gasteiger partial charge in [0.25, 0.3) is 0 Å². The first-order valence-corrected chi connectivity index (χ1v) is 4.41. The first-order chi connectivity index (χ1) is 5.20. The smallest absolute Gasteiger partial charge is 0.231 e. The van der Waals surface area contributed by atoms with Crippen LogP contribution in [0.3, 0.4) is 0 Å². The highest BCUT2D eigenvalue weighted by Gasteiger charge is 2.02. The average molecular weight is 199 g/mol. The Morgan fingerprint density at radius 2 is 1.82 bits per heavy atom. The lowest BCUT2D eigenvalue weighted by molar-refractivity contribution is -0.123. The third kappa shape index (κ3) is 6.41. The number of carbonyl (C=O) groups excluding carboxylic acids is 1. The first kappa shape index (κ1) is 11.0. The molecule has 0 aromatic carbocycles. The molecule has 0 fully saturated rings. The molecule has 0 spiro atoms. The van der Waals surface area contributed by atoms with Crippen LogP contribution in [-0.2, 0) is 4.79 Å². The van der Waals surface area contributed by atoms with E-state index in [1.165, 1.54) is 6.92 Å². The van der Waals surface area contributed by atoms with Crippen molar-refractivity contribution >= 4 is 29.1 Å². The van der Waals surface area contributed by atoms with Crippen LogP contribution < -0.4 is 5.43 Å². The number of rotatable bonds is 5. The summed E-state index contributed by atoms with van der Waals surface area (Å²) >= 11 is 11.0. The van der Waals surface area contributed by atoms with Crippen LogP contribution >= 0.6 is 23.2 Å². The molecule has 0 aliphatic carbocycles. The van der Waals surface area contributed by atoms with Gasteiger partial charge in [0.1, 0.15) is 0 Å². The van der Waals surface area contributed by atoms with Gasteiger partial charge in [-0.2, -0.15) is 0 Å². The molecule has 0 unspecified atom stereocenters. The number of nitrogens with zero attached hydrogens (tertiary/aromatic N) is 1. The fraction of sp³-hybridized carbons (Fsp3) is 0.833. The van der Waals surface area contributed by atoms with Crippen molar-refractivity contribution in [3.8, 4) is 0 Å². The van der Waals surface area contributed by atoms with Gasteiger partial charge in [0.05, 0.1) is 0 Å². The number of alkyl halides is 2. The zero-order chi connectivity index (χ0) is 8.69. The second kappa shape index (κ2) is 6.70. The van der Waals surface area contributed by atoms with Gasteiger partial charge in [-0.05, 0) is 0 Å². The van der Waals surface area contributed by atoms with Crippen molar-refractivity contribution < 1.29 is 4.79 Å². The SMILES string of the molecule is CC(=O)NN(CCCl)CCCl. The lowest BCUT2D eigenvalue weighted by Crippen LogP contribution is -2.43. The minimum absolute atomic E-state index is 0.0970. The molecule has 66 valence electrons. The van der Waals surface area contributed by atoms with E-state index in [9.17, 15) is 4.79 Å². The van der Waals surface area contributed by atoms with E-state index < -0.39 is 0 Å². The van der Waals surface area contributed by atoms with Crippen LogP contribution in [0.1, 0.15) is 6.92 Å². The monoisotopic (exact) mass is 198 g/mol. The molecule has 0 atom stereocenters. The molecule has 1 N–H and O–H groups in total. The third-order valence-corrected chi connectivity index (χ3v) is 1.36. The molecule has 3 nitrogen and oxygen atoms in total. The van der Waals surface area contributed by atoms with Crippen molar-refractivity contribution in [2.75, 3.05) is 24.8 Å². The summed E-state index contributed by atoms with van der Waals surface area (Å²) < 4.78 is 0. The molecule has 1 amide bonds. The standard InChI is InChI=1S/C6H12Cl2N2O/c1-6(11)9-10(4-2-7)5-3-8/h2-5H2,1H3,(H,9,11). The molecule has 0 rings (SSSR count). The maximum Gasteiger partial charge on any atom is 0.231 e. The van der Waals surface area contributed by atoms with Crippen molar-refractivity contribution in [3.63, 3.8) is 0 Å². The summed E-state index contributed by atoms with van der Waals surface area (Å²) in [7, 11) is 0. The van der Waals surface area contributed by atoms with Gasteiger partial charge in [-0.15, -0.1) is 23.2 Å². The Morgan fingerprint density at radius 1 is 1.36 bits per heavy atom. The largest absolute Gasteiger partial charge is 0.289 e. The highest BCUT2D eigenvalue weighted by molar-refractivity contribution is 6.18. The molecule has 0 saturated heterocycles. The van der Waals surface area contributed by atoms with Gasteiger partial charge in [0, 0.05) is 31.8 Å². The predicted octanol–water partition coefficient (Wildman–Crippen LogP) is 0.817. The van der Waals surface area contributed by atoms with Gasteiger partial charge in [-0.25, -0.2) is 5.01 Å². The Kier molecular flexibility index (Phi) is 6.71. The first-order valence-electron chi connectivity index (χ1n) is 3.34. The Morgan fingerprint density at radius 3 is 2.09 bits per heavy atom. The Bertz CT molecular complexity index is 115. The van der Waals surface area contributed by atoms with Gasteiger partial charge in [0.2, 0.25) is 5.91 Å². The highest BCUT2D eigenvalue weighted by Crippen LogP contribution is 1.86. The van der Waals surface area contributed by atoms with Crippen LogP contribution in [0, 0.1) is 0 Å². The molecule has 0 bridgehead atoms. The topological polar surface area (TPSA) is 32.3 Å². The maximum absolute atomic E-state index is 10.6. The number of hydrazine groups is 1. The maximum atomic E-state index is 10.6. The van der Waals surface area contributed by atoms with Gasteiger partial charge in [-0.3, -0.25) is 10.2 Å². The summed E-state index contributed by atoms with van der Waals surface area (Å²) in [4.78, 5) is 10.6. The molecule has 5 heteroatoms. The van der Waals surface area contributed by atoms with Crippen LogP contribution in [0.15, 0.2) is 0 Å². The molecule has 0 radical (unpaired) electrons. The van der Waals surface area contributed by atoms with Gasteiger partial charge in [-0.1, -0.05) is 0 Å². The van der Waals surface area contributed by atoms with E-state index in [0.717, 1.165) is 0 Å². The van der Waals surface area contributed by atoms with Crippen LogP contribution in [0.4, 0.5) is 0 Å². The minimum atomic E-state index is -0.0970. The van der Waals surface area contributed by atoms with E-state index in [2.05, 4.69) is 5.43 Å². The van der Waals surface area contributed by atoms with Gasteiger partial charge >= 0.3 is 0 Å². The Balaban J connectivity index is 3.59. The highest BCUT2D eigenvalue weighted by atomic mass is 35.5. The predicted molar refractivity (Wildman–Crippen MR) is 46.8 cm³/mol. The Hall–Kier alpha value is 0.01000. The number of amides is 1. The van der Waals surface area contributed by atoms with Crippen molar-refractivity contribution in [3.05, 3.63) is 0 Å². The van der Waals surface area contributed by atoms with Crippen molar-refractivity contribution in [2.24, 2.45) is 0 Å². The third-order valence-electron chi connectivity index (χ3n) is 1.02. The second-order valence-electron chi connectivity index (χ2n) is 2.03. The van der Waals surface area contributed by atoms with E-state index >= 15 is 0 Å². The molecule has 0 aliphatic rings. The minimum Gasteiger partial charge on any atom is -0.289 e. The molecule has 0 aromatic rings. The van der Waals surface area contributed by atoms with Gasteiger partial charge in [0.15, 0.2) is 0 Å². The number of halogens is 2. The van der Waals surface area contributed by atoms with Crippen LogP contribution in [0.25, 0.3) is 0 Å². The quantitative estimate of drug-likeness (QED) is 0.525. The zero-order valence-electron chi connectivity index (χ0n) is 6.44. The summed E-state index contributed by atoms with van der Waals surface area (Å²) in [5, 5.41) is 1.70. The van der Waals surface area contributed by atoms with Crippen molar-refractivity contribution in [2.45, 2.75) is 6.92 Å². The van der Waals surface area contributed by atoms with Gasteiger partial charge < -0.3 is 0 Å². The molecule has 0 saturated carbocycles. The van der Waals surface area contributed by atoms with E-state index in [1.807, 2.05) is 0 Å². The molecule has 0 heterocycles. The summed E-state index contributed by atoms with van der Waals surface area (Å²) in [5.41, 5.74) is 2.61. The second-order valence-corrected chi connectivity index (χ2v) is 2.79.